The molecule has 0 saturated carbocycles. The highest BCUT2D eigenvalue weighted by Crippen LogP contribution is 2.26. The second-order valence-electron chi connectivity index (χ2n) is 4.68. The molecule has 108 valence electrons. The average molecular weight is 448 g/mol. The van der Waals surface area contributed by atoms with Crippen molar-refractivity contribution in [1.29, 1.82) is 0 Å². The van der Waals surface area contributed by atoms with Crippen molar-refractivity contribution in [3.8, 4) is 0 Å². The van der Waals surface area contributed by atoms with Gasteiger partial charge in [0, 0.05) is 26.8 Å². The van der Waals surface area contributed by atoms with Crippen LogP contribution in [0.3, 0.4) is 0 Å². The van der Waals surface area contributed by atoms with Crippen molar-refractivity contribution in [2.75, 3.05) is 6.54 Å². The third kappa shape index (κ3) is 4.05. The molecule has 0 amide bonds. The van der Waals surface area contributed by atoms with Crippen molar-refractivity contribution in [3.05, 3.63) is 49.8 Å². The van der Waals surface area contributed by atoms with E-state index in [2.05, 4.69) is 87.2 Å². The molecule has 1 heterocycles. The summed E-state index contributed by atoms with van der Waals surface area (Å²) >= 11 is 5.97. The summed E-state index contributed by atoms with van der Waals surface area (Å²) in [5.74, 6) is 0. The Balaban J connectivity index is 2.23. The summed E-state index contributed by atoms with van der Waals surface area (Å²) in [4.78, 5) is 0. The average Bonchev–Trinajstić information content (AvgIpc) is 2.89. The van der Waals surface area contributed by atoms with E-state index in [1.807, 2.05) is 10.9 Å². The van der Waals surface area contributed by atoms with Crippen LogP contribution in [-0.4, -0.2) is 16.3 Å². The lowest BCUT2D eigenvalue weighted by Gasteiger charge is -2.19. The fraction of sp³-hybridized carbons (Fsp3) is 0.400. The van der Waals surface area contributed by atoms with Crippen LogP contribution < -0.4 is 5.32 Å². The number of likely N-dealkylation sites (N-methyl/N-ethyl adjacent to an activating group) is 1. The number of nitrogens with zero attached hydrogens (tertiary/aromatic N) is 2. The molecule has 1 atom stereocenters. The standard InChI is InChI=1S/C15H19BrIN3/c1-3-18-15(7-11-9-19-20(4-2)10-11)13-8-12(16)5-6-14(13)17/h5-6,8-10,15,18H,3-4,7H2,1-2H3. The van der Waals surface area contributed by atoms with Crippen LogP contribution in [0, 0.1) is 3.57 Å². The predicted octanol–water partition coefficient (Wildman–Crippen LogP) is 4.16. The maximum atomic E-state index is 4.36. The minimum Gasteiger partial charge on any atom is -0.310 e. The van der Waals surface area contributed by atoms with Gasteiger partial charge in [-0.3, -0.25) is 4.68 Å². The highest BCUT2D eigenvalue weighted by Gasteiger charge is 2.15. The number of hydrogen-bond donors (Lipinski definition) is 1. The lowest BCUT2D eigenvalue weighted by atomic mass is 10.0. The van der Waals surface area contributed by atoms with Gasteiger partial charge in [-0.25, -0.2) is 0 Å². The summed E-state index contributed by atoms with van der Waals surface area (Å²) in [7, 11) is 0. The van der Waals surface area contributed by atoms with Crippen molar-refractivity contribution < 1.29 is 0 Å². The number of hydrogen-bond acceptors (Lipinski definition) is 2. The molecule has 20 heavy (non-hydrogen) atoms. The van der Waals surface area contributed by atoms with Gasteiger partial charge in [-0.15, -0.1) is 0 Å². The van der Waals surface area contributed by atoms with Gasteiger partial charge in [0.15, 0.2) is 0 Å². The molecule has 0 saturated heterocycles. The summed E-state index contributed by atoms with van der Waals surface area (Å²) in [6, 6.07) is 6.77. The Kier molecular flexibility index (Phi) is 6.04. The molecular weight excluding hydrogens is 429 g/mol. The summed E-state index contributed by atoms with van der Waals surface area (Å²) in [5.41, 5.74) is 2.61. The van der Waals surface area contributed by atoms with Crippen LogP contribution in [0.25, 0.3) is 0 Å². The zero-order valence-corrected chi connectivity index (χ0v) is 15.5. The summed E-state index contributed by atoms with van der Waals surface area (Å²) in [5, 5.41) is 7.94. The lowest BCUT2D eigenvalue weighted by molar-refractivity contribution is 0.547. The molecule has 2 aromatic rings. The van der Waals surface area contributed by atoms with Crippen LogP contribution in [0.1, 0.15) is 31.0 Å². The maximum Gasteiger partial charge on any atom is 0.0522 e. The second-order valence-corrected chi connectivity index (χ2v) is 6.76. The van der Waals surface area contributed by atoms with Gasteiger partial charge in [0.2, 0.25) is 0 Å². The minimum atomic E-state index is 0.318. The van der Waals surface area contributed by atoms with Crippen molar-refractivity contribution in [3.63, 3.8) is 0 Å². The van der Waals surface area contributed by atoms with Crippen LogP contribution in [0.5, 0.6) is 0 Å². The van der Waals surface area contributed by atoms with Gasteiger partial charge < -0.3 is 5.32 Å². The zero-order valence-electron chi connectivity index (χ0n) is 11.7. The molecule has 2 rings (SSSR count). The van der Waals surface area contributed by atoms with Crippen molar-refractivity contribution in [2.45, 2.75) is 32.9 Å². The number of benzene rings is 1. The topological polar surface area (TPSA) is 29.9 Å². The summed E-state index contributed by atoms with van der Waals surface area (Å²) in [6.45, 7) is 6.12. The van der Waals surface area contributed by atoms with E-state index in [0.717, 1.165) is 24.0 Å². The van der Waals surface area contributed by atoms with Crippen molar-refractivity contribution in [2.24, 2.45) is 0 Å². The molecule has 0 radical (unpaired) electrons. The number of nitrogens with one attached hydrogen (secondary N) is 1. The van der Waals surface area contributed by atoms with E-state index in [4.69, 9.17) is 0 Å². The van der Waals surface area contributed by atoms with Gasteiger partial charge in [0.05, 0.1) is 6.20 Å². The van der Waals surface area contributed by atoms with Crippen LogP contribution in [-0.2, 0) is 13.0 Å². The first-order valence-electron chi connectivity index (χ1n) is 6.83. The number of halogens is 2. The maximum absolute atomic E-state index is 4.36. The summed E-state index contributed by atoms with van der Waals surface area (Å²) in [6.07, 6.45) is 5.06. The quantitative estimate of drug-likeness (QED) is 0.673. The second kappa shape index (κ2) is 7.56. The third-order valence-corrected chi connectivity index (χ3v) is 4.71. The molecule has 1 aromatic heterocycles. The Morgan fingerprint density at radius 2 is 2.20 bits per heavy atom. The number of rotatable bonds is 6. The van der Waals surface area contributed by atoms with E-state index in [-0.39, 0.29) is 0 Å². The van der Waals surface area contributed by atoms with Gasteiger partial charge in [0.1, 0.15) is 0 Å². The Morgan fingerprint density at radius 3 is 2.85 bits per heavy atom. The van der Waals surface area contributed by atoms with Gasteiger partial charge in [0.25, 0.3) is 0 Å². The summed E-state index contributed by atoms with van der Waals surface area (Å²) < 4.78 is 4.39. The van der Waals surface area contributed by atoms with E-state index < -0.39 is 0 Å². The van der Waals surface area contributed by atoms with Crippen LogP contribution >= 0.6 is 38.5 Å². The Labute approximate surface area is 142 Å². The molecule has 5 heteroatoms. The molecular formula is C15H19BrIN3. The first kappa shape index (κ1) is 16.0. The van der Waals surface area contributed by atoms with Gasteiger partial charge >= 0.3 is 0 Å². The third-order valence-electron chi connectivity index (χ3n) is 3.23. The van der Waals surface area contributed by atoms with E-state index >= 15 is 0 Å². The largest absolute Gasteiger partial charge is 0.310 e. The zero-order chi connectivity index (χ0) is 14.5. The fourth-order valence-electron chi connectivity index (χ4n) is 2.24. The predicted molar refractivity (Wildman–Crippen MR) is 94.9 cm³/mol. The fourth-order valence-corrected chi connectivity index (χ4v) is 3.33. The highest BCUT2D eigenvalue weighted by molar-refractivity contribution is 14.1. The van der Waals surface area contributed by atoms with Crippen LogP contribution in [0.15, 0.2) is 35.1 Å². The molecule has 0 spiro atoms. The van der Waals surface area contributed by atoms with Gasteiger partial charge in [-0.1, -0.05) is 22.9 Å². The molecule has 0 aliphatic carbocycles. The van der Waals surface area contributed by atoms with Gasteiger partial charge in [-0.05, 0) is 71.8 Å². The van der Waals surface area contributed by atoms with E-state index in [0.29, 0.717) is 6.04 Å². The first-order chi connectivity index (χ1) is 9.63. The van der Waals surface area contributed by atoms with Gasteiger partial charge in [-0.2, -0.15) is 5.10 Å². The Hall–Kier alpha value is -0.400. The first-order valence-corrected chi connectivity index (χ1v) is 8.70. The molecule has 0 bridgehead atoms. The molecule has 0 aliphatic rings. The number of aromatic nitrogens is 2. The SMILES string of the molecule is CCNC(Cc1cnn(CC)c1)c1cc(Br)ccc1I. The lowest BCUT2D eigenvalue weighted by Crippen LogP contribution is -2.23. The normalized spacial score (nSPS) is 12.6. The number of aryl methyl sites for hydroxylation is 1. The minimum absolute atomic E-state index is 0.318. The molecule has 0 aliphatic heterocycles. The van der Waals surface area contributed by atoms with E-state index in [1.54, 1.807) is 0 Å². The smallest absolute Gasteiger partial charge is 0.0522 e. The van der Waals surface area contributed by atoms with Crippen LogP contribution in [0.4, 0.5) is 0 Å². The van der Waals surface area contributed by atoms with Crippen molar-refractivity contribution in [1.82, 2.24) is 15.1 Å². The molecule has 0 fully saturated rings. The van der Waals surface area contributed by atoms with E-state index in [9.17, 15) is 0 Å². The molecule has 1 unspecified atom stereocenters. The molecule has 1 N–H and O–H groups in total. The Morgan fingerprint density at radius 1 is 1.40 bits per heavy atom. The van der Waals surface area contributed by atoms with Crippen molar-refractivity contribution >= 4 is 38.5 Å². The Bertz CT molecular complexity index is 568. The molecule has 3 nitrogen and oxygen atoms in total. The van der Waals surface area contributed by atoms with Crippen LogP contribution in [0.2, 0.25) is 0 Å². The highest BCUT2D eigenvalue weighted by atomic mass is 127. The monoisotopic (exact) mass is 447 g/mol. The van der Waals surface area contributed by atoms with E-state index in [1.165, 1.54) is 14.7 Å². The molecule has 1 aromatic carbocycles.